The van der Waals surface area contributed by atoms with Crippen molar-refractivity contribution in [3.8, 4) is 0 Å². The molecule has 0 amide bonds. The monoisotopic (exact) mass is 442 g/mol. The summed E-state index contributed by atoms with van der Waals surface area (Å²) in [5.41, 5.74) is 6.79. The van der Waals surface area contributed by atoms with Gasteiger partial charge in [-0.05, 0) is 117 Å². The number of benzene rings is 2. The van der Waals surface area contributed by atoms with Crippen molar-refractivity contribution in [3.05, 3.63) is 70.8 Å². The van der Waals surface area contributed by atoms with E-state index >= 15 is 0 Å². The fourth-order valence-electron chi connectivity index (χ4n) is 8.25. The van der Waals surface area contributed by atoms with Crippen LogP contribution in [0.3, 0.4) is 0 Å². The van der Waals surface area contributed by atoms with Crippen molar-refractivity contribution in [1.82, 2.24) is 9.80 Å². The van der Waals surface area contributed by atoms with E-state index in [1.165, 1.54) is 95.2 Å². The normalized spacial score (nSPS) is 31.8. The number of aryl methyl sites for hydroxylation is 1. The molecular formula is C31H42N2. The quantitative estimate of drug-likeness (QED) is 0.525. The molecular weight excluding hydrogens is 400 g/mol. The molecule has 5 aliphatic rings. The van der Waals surface area contributed by atoms with Crippen molar-refractivity contribution in [2.45, 2.75) is 63.2 Å². The molecule has 4 aliphatic carbocycles. The fraction of sp³-hybridized carbons (Fsp3) is 0.613. The summed E-state index contributed by atoms with van der Waals surface area (Å²) in [4.78, 5) is 5.08. The second-order valence-electron chi connectivity index (χ2n) is 12.1. The summed E-state index contributed by atoms with van der Waals surface area (Å²) >= 11 is 0. The molecule has 2 nitrogen and oxygen atoms in total. The molecule has 4 bridgehead atoms. The highest BCUT2D eigenvalue weighted by Crippen LogP contribution is 2.61. The minimum absolute atomic E-state index is 0.495. The Labute approximate surface area is 201 Å². The molecule has 0 radical (unpaired) electrons. The first kappa shape index (κ1) is 21.9. The van der Waals surface area contributed by atoms with Crippen LogP contribution in [-0.4, -0.2) is 49.6 Å². The molecule has 1 aliphatic heterocycles. The molecule has 2 aromatic rings. The van der Waals surface area contributed by atoms with E-state index in [0.29, 0.717) is 5.41 Å². The number of hydrogen-bond donors (Lipinski definition) is 0. The first-order valence-electron chi connectivity index (χ1n) is 13.7. The third kappa shape index (κ3) is 4.66. The molecule has 176 valence electrons. The van der Waals surface area contributed by atoms with Crippen molar-refractivity contribution >= 4 is 0 Å². The van der Waals surface area contributed by atoms with Gasteiger partial charge in [0, 0.05) is 26.2 Å². The zero-order valence-corrected chi connectivity index (χ0v) is 20.6. The Hall–Kier alpha value is -1.64. The maximum atomic E-state index is 2.63. The second-order valence-corrected chi connectivity index (χ2v) is 12.1. The zero-order chi connectivity index (χ0) is 22.3. The lowest BCUT2D eigenvalue weighted by Crippen LogP contribution is -2.48. The van der Waals surface area contributed by atoms with Crippen LogP contribution >= 0.6 is 0 Å². The van der Waals surface area contributed by atoms with Gasteiger partial charge in [0.1, 0.15) is 0 Å². The SMILES string of the molecule is CN1CCN(CCCc2ccc(Cc3ccccc3C34CC5CC(CC(C5)C3)C4)cc2)CC1. The molecule has 2 aromatic carbocycles. The van der Waals surface area contributed by atoms with Gasteiger partial charge in [0.15, 0.2) is 0 Å². The van der Waals surface area contributed by atoms with Gasteiger partial charge in [-0.1, -0.05) is 48.5 Å². The number of hydrogen-bond acceptors (Lipinski definition) is 2. The van der Waals surface area contributed by atoms with Crippen molar-refractivity contribution in [2.24, 2.45) is 17.8 Å². The average molecular weight is 443 g/mol. The van der Waals surface area contributed by atoms with Gasteiger partial charge in [-0.25, -0.2) is 0 Å². The third-order valence-corrected chi connectivity index (χ3v) is 9.58. The predicted octanol–water partition coefficient (Wildman–Crippen LogP) is 5.93. The van der Waals surface area contributed by atoms with Crippen LogP contribution in [0.25, 0.3) is 0 Å². The molecule has 0 unspecified atom stereocenters. The van der Waals surface area contributed by atoms with Crippen LogP contribution in [0.5, 0.6) is 0 Å². The highest BCUT2D eigenvalue weighted by Gasteiger charge is 2.52. The summed E-state index contributed by atoms with van der Waals surface area (Å²) in [7, 11) is 2.24. The Morgan fingerprint density at radius 1 is 0.758 bits per heavy atom. The summed E-state index contributed by atoms with van der Waals surface area (Å²) in [6, 6.07) is 19.1. The Morgan fingerprint density at radius 2 is 1.36 bits per heavy atom. The lowest BCUT2D eigenvalue weighted by molar-refractivity contribution is -0.00553. The van der Waals surface area contributed by atoms with Crippen LogP contribution in [0.1, 0.15) is 67.2 Å². The molecule has 7 rings (SSSR count). The van der Waals surface area contributed by atoms with Gasteiger partial charge in [-0.15, -0.1) is 0 Å². The number of piperazine rings is 1. The molecule has 5 fully saturated rings. The maximum Gasteiger partial charge on any atom is 0.0110 e. The van der Waals surface area contributed by atoms with Crippen LogP contribution in [0, 0.1) is 17.8 Å². The van der Waals surface area contributed by atoms with Gasteiger partial charge in [-0.3, -0.25) is 0 Å². The van der Waals surface area contributed by atoms with E-state index in [1.807, 2.05) is 0 Å². The molecule has 4 saturated carbocycles. The lowest BCUT2D eigenvalue weighted by Gasteiger charge is -2.57. The highest BCUT2D eigenvalue weighted by molar-refractivity contribution is 5.40. The Bertz CT molecular complexity index is 902. The maximum absolute atomic E-state index is 2.63. The molecule has 0 atom stereocenters. The molecule has 0 aromatic heterocycles. The highest BCUT2D eigenvalue weighted by atomic mass is 15.2. The second kappa shape index (κ2) is 9.19. The molecule has 0 N–H and O–H groups in total. The van der Waals surface area contributed by atoms with E-state index in [0.717, 1.165) is 24.2 Å². The number of rotatable bonds is 7. The Kier molecular flexibility index (Phi) is 6.09. The zero-order valence-electron chi connectivity index (χ0n) is 20.6. The van der Waals surface area contributed by atoms with Crippen LogP contribution in [0.2, 0.25) is 0 Å². The smallest absolute Gasteiger partial charge is 0.0110 e. The minimum Gasteiger partial charge on any atom is -0.304 e. The Morgan fingerprint density at radius 3 is 2.03 bits per heavy atom. The van der Waals surface area contributed by atoms with Crippen LogP contribution in [0.4, 0.5) is 0 Å². The van der Waals surface area contributed by atoms with Gasteiger partial charge in [0.25, 0.3) is 0 Å². The van der Waals surface area contributed by atoms with E-state index in [1.54, 1.807) is 11.1 Å². The van der Waals surface area contributed by atoms with Crippen molar-refractivity contribution in [2.75, 3.05) is 39.8 Å². The van der Waals surface area contributed by atoms with E-state index in [-0.39, 0.29) is 0 Å². The van der Waals surface area contributed by atoms with Crippen molar-refractivity contribution < 1.29 is 0 Å². The molecule has 33 heavy (non-hydrogen) atoms. The molecule has 1 saturated heterocycles. The van der Waals surface area contributed by atoms with E-state index < -0.39 is 0 Å². The Balaban J connectivity index is 1.10. The van der Waals surface area contributed by atoms with Gasteiger partial charge >= 0.3 is 0 Å². The van der Waals surface area contributed by atoms with Gasteiger partial charge < -0.3 is 9.80 Å². The topological polar surface area (TPSA) is 6.48 Å². The summed E-state index contributed by atoms with van der Waals surface area (Å²) < 4.78 is 0. The minimum atomic E-state index is 0.495. The standard InChI is InChI=1S/C31H42N2/c1-32-13-15-33(16-14-32)12-4-5-24-8-10-25(11-9-24)20-29-6-2-3-7-30(29)31-21-26-17-27(22-31)19-28(18-26)23-31/h2-3,6-11,26-28H,4-5,12-23H2,1H3. The average Bonchev–Trinajstić information content (AvgIpc) is 2.81. The summed E-state index contributed by atoms with van der Waals surface area (Å²) in [5.74, 6) is 3.03. The molecule has 0 spiro atoms. The molecule has 2 heteroatoms. The van der Waals surface area contributed by atoms with E-state index in [4.69, 9.17) is 0 Å². The third-order valence-electron chi connectivity index (χ3n) is 9.58. The van der Waals surface area contributed by atoms with Gasteiger partial charge in [-0.2, -0.15) is 0 Å². The fourth-order valence-corrected chi connectivity index (χ4v) is 8.25. The van der Waals surface area contributed by atoms with Crippen LogP contribution < -0.4 is 0 Å². The first-order chi connectivity index (χ1) is 16.1. The summed E-state index contributed by atoms with van der Waals surface area (Å²) in [6.45, 7) is 6.16. The van der Waals surface area contributed by atoms with Crippen molar-refractivity contribution in [3.63, 3.8) is 0 Å². The van der Waals surface area contributed by atoms with Gasteiger partial charge in [0.05, 0.1) is 0 Å². The lowest BCUT2D eigenvalue weighted by atomic mass is 9.47. The summed E-state index contributed by atoms with van der Waals surface area (Å²) in [5, 5.41) is 0. The number of likely N-dealkylation sites (N-methyl/N-ethyl adjacent to an activating group) is 1. The van der Waals surface area contributed by atoms with Crippen molar-refractivity contribution in [1.29, 1.82) is 0 Å². The molecule has 1 heterocycles. The van der Waals surface area contributed by atoms with Gasteiger partial charge in [0.2, 0.25) is 0 Å². The van der Waals surface area contributed by atoms with Crippen LogP contribution in [-0.2, 0) is 18.3 Å². The van der Waals surface area contributed by atoms with Crippen LogP contribution in [0.15, 0.2) is 48.5 Å². The first-order valence-corrected chi connectivity index (χ1v) is 13.7. The number of nitrogens with zero attached hydrogens (tertiary/aromatic N) is 2. The van der Waals surface area contributed by atoms with E-state index in [9.17, 15) is 0 Å². The summed E-state index contributed by atoms with van der Waals surface area (Å²) in [6.07, 6.45) is 12.5. The largest absolute Gasteiger partial charge is 0.304 e. The predicted molar refractivity (Wildman–Crippen MR) is 138 cm³/mol. The van der Waals surface area contributed by atoms with E-state index in [2.05, 4.69) is 65.4 Å².